The van der Waals surface area contributed by atoms with Crippen LogP contribution in [0.4, 0.5) is 0 Å². The maximum atomic E-state index is 11.5. The van der Waals surface area contributed by atoms with E-state index in [2.05, 4.69) is 5.32 Å². The average molecular weight is 244 g/mol. The minimum atomic E-state index is -0.862. The number of carbonyl (C=O) groups is 3. The van der Waals surface area contributed by atoms with E-state index in [0.29, 0.717) is 12.8 Å². The lowest BCUT2D eigenvalue weighted by molar-refractivity contribution is -0.137. The van der Waals surface area contributed by atoms with Gasteiger partial charge in [0.15, 0.2) is 0 Å². The molecule has 0 aromatic rings. The Labute approximate surface area is 101 Å². The zero-order valence-electron chi connectivity index (χ0n) is 10.3. The van der Waals surface area contributed by atoms with Crippen LogP contribution in [0.1, 0.15) is 46.0 Å². The molecule has 0 spiro atoms. The van der Waals surface area contributed by atoms with Crippen molar-refractivity contribution in [3.8, 4) is 0 Å². The molecule has 0 heterocycles. The summed E-state index contributed by atoms with van der Waals surface area (Å²) in [6.45, 7) is 3.43. The fraction of sp³-hybridized carbons (Fsp3) is 0.727. The molecule has 0 saturated carbocycles. The number of rotatable bonds is 8. The predicted molar refractivity (Wildman–Crippen MR) is 62.1 cm³/mol. The van der Waals surface area contributed by atoms with Gasteiger partial charge in [-0.2, -0.15) is 0 Å². The molecular weight excluding hydrogens is 224 g/mol. The Balaban J connectivity index is 3.85. The van der Waals surface area contributed by atoms with Gasteiger partial charge in [0.1, 0.15) is 0 Å². The van der Waals surface area contributed by atoms with Crippen LogP contribution in [0.25, 0.3) is 0 Å². The van der Waals surface area contributed by atoms with Gasteiger partial charge in [-0.05, 0) is 26.7 Å². The van der Waals surface area contributed by atoms with Crippen molar-refractivity contribution in [1.82, 2.24) is 5.32 Å². The SMILES string of the molecule is CC(C)(CC(N)=O)NC(=O)CCCCC(=O)O. The van der Waals surface area contributed by atoms with Gasteiger partial charge in [0.05, 0.1) is 0 Å². The summed E-state index contributed by atoms with van der Waals surface area (Å²) in [5.41, 5.74) is 4.40. The second-order valence-electron chi connectivity index (χ2n) is 4.68. The van der Waals surface area contributed by atoms with Crippen LogP contribution >= 0.6 is 0 Å². The summed E-state index contributed by atoms with van der Waals surface area (Å²) < 4.78 is 0. The second-order valence-corrected chi connectivity index (χ2v) is 4.68. The van der Waals surface area contributed by atoms with E-state index in [1.807, 2.05) is 0 Å². The zero-order chi connectivity index (χ0) is 13.5. The maximum absolute atomic E-state index is 11.5. The van der Waals surface area contributed by atoms with E-state index >= 15 is 0 Å². The summed E-state index contributed by atoms with van der Waals surface area (Å²) in [5, 5.41) is 11.1. The van der Waals surface area contributed by atoms with Crippen molar-refractivity contribution in [2.24, 2.45) is 5.73 Å². The van der Waals surface area contributed by atoms with Crippen LogP contribution in [0, 0.1) is 0 Å². The molecule has 6 nitrogen and oxygen atoms in total. The number of amides is 2. The summed E-state index contributed by atoms with van der Waals surface area (Å²) in [7, 11) is 0. The van der Waals surface area contributed by atoms with E-state index in [4.69, 9.17) is 10.8 Å². The van der Waals surface area contributed by atoms with Crippen LogP contribution in [0.15, 0.2) is 0 Å². The van der Waals surface area contributed by atoms with Crippen molar-refractivity contribution in [3.63, 3.8) is 0 Å². The first-order valence-corrected chi connectivity index (χ1v) is 5.54. The highest BCUT2D eigenvalue weighted by atomic mass is 16.4. The number of nitrogens with two attached hydrogens (primary N) is 1. The Morgan fingerprint density at radius 3 is 2.18 bits per heavy atom. The number of carboxylic acid groups (broad SMARTS) is 1. The van der Waals surface area contributed by atoms with E-state index in [9.17, 15) is 14.4 Å². The lowest BCUT2D eigenvalue weighted by atomic mass is 10.00. The summed E-state index contributed by atoms with van der Waals surface area (Å²) in [6.07, 6.45) is 1.39. The van der Waals surface area contributed by atoms with Gasteiger partial charge in [-0.15, -0.1) is 0 Å². The van der Waals surface area contributed by atoms with E-state index in [1.165, 1.54) is 0 Å². The number of hydrogen-bond donors (Lipinski definition) is 3. The lowest BCUT2D eigenvalue weighted by Crippen LogP contribution is -2.45. The van der Waals surface area contributed by atoms with Crippen molar-refractivity contribution >= 4 is 17.8 Å². The minimum Gasteiger partial charge on any atom is -0.481 e. The number of nitrogens with one attached hydrogen (secondary N) is 1. The van der Waals surface area contributed by atoms with E-state index < -0.39 is 17.4 Å². The molecule has 0 bridgehead atoms. The van der Waals surface area contributed by atoms with Gasteiger partial charge >= 0.3 is 5.97 Å². The molecular formula is C11H20N2O4. The highest BCUT2D eigenvalue weighted by Crippen LogP contribution is 2.09. The monoisotopic (exact) mass is 244 g/mol. The molecule has 4 N–H and O–H groups in total. The van der Waals surface area contributed by atoms with E-state index in [1.54, 1.807) is 13.8 Å². The molecule has 17 heavy (non-hydrogen) atoms. The zero-order valence-corrected chi connectivity index (χ0v) is 10.3. The molecule has 0 radical (unpaired) electrons. The van der Waals surface area contributed by atoms with Crippen LogP contribution in [0.3, 0.4) is 0 Å². The van der Waals surface area contributed by atoms with Crippen molar-refractivity contribution in [3.05, 3.63) is 0 Å². The van der Waals surface area contributed by atoms with Crippen LogP contribution in [-0.2, 0) is 14.4 Å². The van der Waals surface area contributed by atoms with Gasteiger partial charge in [-0.25, -0.2) is 0 Å². The van der Waals surface area contributed by atoms with Gasteiger partial charge in [0, 0.05) is 24.8 Å². The Bertz CT molecular complexity index is 300. The smallest absolute Gasteiger partial charge is 0.303 e. The number of aliphatic carboxylic acids is 1. The van der Waals surface area contributed by atoms with Crippen molar-refractivity contribution in [2.75, 3.05) is 0 Å². The van der Waals surface area contributed by atoms with E-state index in [0.717, 1.165) is 0 Å². The molecule has 0 aliphatic heterocycles. The number of primary amides is 1. The first-order valence-electron chi connectivity index (χ1n) is 5.54. The minimum absolute atomic E-state index is 0.0674. The van der Waals surface area contributed by atoms with Crippen molar-refractivity contribution in [1.29, 1.82) is 0 Å². The summed E-state index contributed by atoms with van der Waals surface area (Å²) in [5.74, 6) is -1.53. The molecule has 0 rings (SSSR count). The van der Waals surface area contributed by atoms with Gasteiger partial charge < -0.3 is 16.2 Å². The van der Waals surface area contributed by atoms with Gasteiger partial charge in [0.25, 0.3) is 0 Å². The third-order valence-corrected chi connectivity index (χ3v) is 2.14. The third-order valence-electron chi connectivity index (χ3n) is 2.14. The first kappa shape index (κ1) is 15.4. The third kappa shape index (κ3) is 9.35. The standard InChI is InChI=1S/C11H20N2O4/c1-11(2,7-8(12)14)13-9(15)5-3-4-6-10(16)17/h3-7H2,1-2H3,(H2,12,14)(H,13,15)(H,16,17). The molecule has 0 aliphatic carbocycles. The first-order chi connectivity index (χ1) is 7.73. The Kier molecular flexibility index (Phi) is 6.23. The number of carbonyl (C=O) groups excluding carboxylic acids is 2. The average Bonchev–Trinajstić information content (AvgIpc) is 2.08. The fourth-order valence-corrected chi connectivity index (χ4v) is 1.48. The maximum Gasteiger partial charge on any atom is 0.303 e. The molecule has 98 valence electrons. The summed E-state index contributed by atoms with van der Waals surface area (Å²) in [4.78, 5) is 32.5. The summed E-state index contributed by atoms with van der Waals surface area (Å²) in [6, 6.07) is 0. The largest absolute Gasteiger partial charge is 0.481 e. The summed E-state index contributed by atoms with van der Waals surface area (Å²) >= 11 is 0. The van der Waals surface area contributed by atoms with Crippen molar-refractivity contribution in [2.45, 2.75) is 51.5 Å². The van der Waals surface area contributed by atoms with Gasteiger partial charge in [-0.3, -0.25) is 14.4 Å². The predicted octanol–water partition coefficient (Wildman–Crippen LogP) is 0.402. The van der Waals surface area contributed by atoms with Crippen LogP contribution in [0.2, 0.25) is 0 Å². The quantitative estimate of drug-likeness (QED) is 0.537. The highest BCUT2D eigenvalue weighted by Gasteiger charge is 2.22. The molecule has 0 saturated heterocycles. The van der Waals surface area contributed by atoms with Gasteiger partial charge in [-0.1, -0.05) is 0 Å². The number of hydrogen-bond acceptors (Lipinski definition) is 3. The van der Waals surface area contributed by atoms with Crippen molar-refractivity contribution < 1.29 is 19.5 Å². The molecule has 0 unspecified atom stereocenters. The molecule has 0 fully saturated rings. The van der Waals surface area contributed by atoms with E-state index in [-0.39, 0.29) is 25.2 Å². The number of unbranched alkanes of at least 4 members (excludes halogenated alkanes) is 1. The van der Waals surface area contributed by atoms with Crippen LogP contribution in [-0.4, -0.2) is 28.4 Å². The Morgan fingerprint density at radius 2 is 1.71 bits per heavy atom. The topological polar surface area (TPSA) is 109 Å². The number of carboxylic acids is 1. The Morgan fingerprint density at radius 1 is 1.18 bits per heavy atom. The molecule has 0 atom stereocenters. The molecule has 6 heteroatoms. The van der Waals surface area contributed by atoms with Crippen LogP contribution < -0.4 is 11.1 Å². The fourth-order valence-electron chi connectivity index (χ4n) is 1.48. The van der Waals surface area contributed by atoms with Crippen LogP contribution in [0.5, 0.6) is 0 Å². The molecule has 2 amide bonds. The normalized spacial score (nSPS) is 10.9. The lowest BCUT2D eigenvalue weighted by Gasteiger charge is -2.24. The molecule has 0 aromatic heterocycles. The second kappa shape index (κ2) is 6.88. The molecule has 0 aromatic carbocycles. The molecule has 0 aliphatic rings. The van der Waals surface area contributed by atoms with Gasteiger partial charge in [0.2, 0.25) is 11.8 Å². The Hall–Kier alpha value is -1.59. The highest BCUT2D eigenvalue weighted by molar-refractivity contribution is 5.79.